The van der Waals surface area contributed by atoms with E-state index in [1.807, 2.05) is 27.0 Å². The van der Waals surface area contributed by atoms with Crippen LogP contribution in [0.5, 0.6) is 0 Å². The molecule has 2 rings (SSSR count). The Morgan fingerprint density at radius 3 is 2.68 bits per heavy atom. The average molecular weight is 260 g/mol. The van der Waals surface area contributed by atoms with Crippen molar-refractivity contribution >= 4 is 0 Å². The van der Waals surface area contributed by atoms with Crippen LogP contribution in [-0.2, 0) is 6.42 Å². The first-order chi connectivity index (χ1) is 9.15. The van der Waals surface area contributed by atoms with Gasteiger partial charge in [-0.25, -0.2) is 4.39 Å². The van der Waals surface area contributed by atoms with Crippen LogP contribution < -0.4 is 5.32 Å². The second kappa shape index (κ2) is 5.84. The van der Waals surface area contributed by atoms with E-state index in [9.17, 15) is 4.39 Å². The smallest absolute Gasteiger partial charge is 0.141 e. The fourth-order valence-corrected chi connectivity index (χ4v) is 2.15. The van der Waals surface area contributed by atoms with E-state index in [1.165, 1.54) is 12.3 Å². The van der Waals surface area contributed by atoms with Crippen molar-refractivity contribution in [2.45, 2.75) is 26.3 Å². The minimum Gasteiger partial charge on any atom is -0.309 e. The van der Waals surface area contributed by atoms with Gasteiger partial charge in [0, 0.05) is 6.20 Å². The Kier molecular flexibility index (Phi) is 4.16. The lowest BCUT2D eigenvalue weighted by Gasteiger charge is -2.19. The minimum atomic E-state index is -0.338. The van der Waals surface area contributed by atoms with Gasteiger partial charge in [-0.05, 0) is 43.7 Å². The lowest BCUT2D eigenvalue weighted by atomic mass is 9.97. The van der Waals surface area contributed by atoms with Crippen LogP contribution in [0.1, 0.15) is 35.5 Å². The summed E-state index contributed by atoms with van der Waals surface area (Å²) < 4.78 is 13.3. The number of nitrogens with one attached hydrogen (secondary N) is 1. The Bertz CT molecular complexity index is 571. The van der Waals surface area contributed by atoms with Gasteiger partial charge in [0.25, 0.3) is 0 Å². The molecule has 2 aromatic heterocycles. The summed E-state index contributed by atoms with van der Waals surface area (Å²) in [5.74, 6) is -0.338. The molecule has 5 heteroatoms. The molecule has 0 amide bonds. The summed E-state index contributed by atoms with van der Waals surface area (Å²) in [5, 5.41) is 11.5. The molecule has 0 saturated heterocycles. The molecule has 1 unspecified atom stereocenters. The first kappa shape index (κ1) is 13.5. The lowest BCUT2D eigenvalue weighted by Crippen LogP contribution is -2.20. The largest absolute Gasteiger partial charge is 0.309 e. The topological polar surface area (TPSA) is 50.7 Å². The van der Waals surface area contributed by atoms with Crippen LogP contribution in [0.25, 0.3) is 0 Å². The molecule has 19 heavy (non-hydrogen) atoms. The molecule has 0 saturated carbocycles. The molecule has 100 valence electrons. The van der Waals surface area contributed by atoms with Gasteiger partial charge in [0.15, 0.2) is 0 Å². The molecule has 0 fully saturated rings. The van der Waals surface area contributed by atoms with Crippen molar-refractivity contribution < 1.29 is 4.39 Å². The number of rotatable bonds is 4. The van der Waals surface area contributed by atoms with Crippen molar-refractivity contribution in [1.82, 2.24) is 20.5 Å². The van der Waals surface area contributed by atoms with E-state index in [0.717, 1.165) is 28.9 Å². The highest BCUT2D eigenvalue weighted by molar-refractivity contribution is 5.33. The minimum absolute atomic E-state index is 0.132. The molecule has 0 aliphatic heterocycles. The SMILES string of the molecule is CCc1nnc(C)cc1C(NC)c1cncc(F)c1. The summed E-state index contributed by atoms with van der Waals surface area (Å²) >= 11 is 0. The van der Waals surface area contributed by atoms with Gasteiger partial charge in [-0.2, -0.15) is 10.2 Å². The molecule has 0 radical (unpaired) electrons. The highest BCUT2D eigenvalue weighted by Crippen LogP contribution is 2.24. The molecule has 1 atom stereocenters. The number of halogens is 1. The molecule has 0 spiro atoms. The van der Waals surface area contributed by atoms with Crippen LogP contribution in [0.4, 0.5) is 4.39 Å². The predicted molar refractivity (Wildman–Crippen MR) is 71.2 cm³/mol. The van der Waals surface area contributed by atoms with Crippen molar-refractivity contribution in [3.05, 3.63) is 52.9 Å². The van der Waals surface area contributed by atoms with Crippen LogP contribution in [0.15, 0.2) is 24.5 Å². The standard InChI is InChI=1S/C14H17FN4/c1-4-13-12(5-9(2)18-19-13)14(16-3)10-6-11(15)8-17-7-10/h5-8,14,16H,4H2,1-3H3. The summed E-state index contributed by atoms with van der Waals surface area (Å²) in [6.07, 6.45) is 3.65. The van der Waals surface area contributed by atoms with Crippen LogP contribution in [-0.4, -0.2) is 22.2 Å². The van der Waals surface area contributed by atoms with Crippen LogP contribution >= 0.6 is 0 Å². The van der Waals surface area contributed by atoms with Crippen molar-refractivity contribution in [2.24, 2.45) is 0 Å². The van der Waals surface area contributed by atoms with Crippen LogP contribution in [0, 0.1) is 12.7 Å². The van der Waals surface area contributed by atoms with Crippen molar-refractivity contribution in [2.75, 3.05) is 7.05 Å². The molecule has 2 heterocycles. The Hall–Kier alpha value is -1.88. The average Bonchev–Trinajstić information content (AvgIpc) is 2.40. The van der Waals surface area contributed by atoms with Gasteiger partial charge in [-0.15, -0.1) is 0 Å². The normalized spacial score (nSPS) is 12.4. The molecule has 0 bridgehead atoms. The molecule has 0 aromatic carbocycles. The third-order valence-electron chi connectivity index (χ3n) is 3.02. The predicted octanol–water partition coefficient (Wildman–Crippen LogP) is 2.19. The fourth-order valence-electron chi connectivity index (χ4n) is 2.15. The van der Waals surface area contributed by atoms with Gasteiger partial charge in [-0.3, -0.25) is 4.98 Å². The van der Waals surface area contributed by atoms with E-state index in [-0.39, 0.29) is 11.9 Å². The zero-order valence-electron chi connectivity index (χ0n) is 11.3. The van der Waals surface area contributed by atoms with Crippen LogP contribution in [0.2, 0.25) is 0 Å². The Morgan fingerprint density at radius 2 is 2.05 bits per heavy atom. The fraction of sp³-hybridized carbons (Fsp3) is 0.357. The van der Waals surface area contributed by atoms with Gasteiger partial charge < -0.3 is 5.32 Å². The number of nitrogens with zero attached hydrogens (tertiary/aromatic N) is 3. The summed E-state index contributed by atoms with van der Waals surface area (Å²) in [6.45, 7) is 3.92. The Morgan fingerprint density at radius 1 is 1.26 bits per heavy atom. The highest BCUT2D eigenvalue weighted by atomic mass is 19.1. The van der Waals surface area contributed by atoms with E-state index >= 15 is 0 Å². The highest BCUT2D eigenvalue weighted by Gasteiger charge is 2.17. The monoisotopic (exact) mass is 260 g/mol. The van der Waals surface area contributed by atoms with Gasteiger partial charge in [-0.1, -0.05) is 6.92 Å². The van der Waals surface area contributed by atoms with Crippen molar-refractivity contribution in [1.29, 1.82) is 0 Å². The maximum absolute atomic E-state index is 13.3. The Balaban J connectivity index is 2.50. The van der Waals surface area contributed by atoms with E-state index in [4.69, 9.17) is 0 Å². The zero-order chi connectivity index (χ0) is 13.8. The van der Waals surface area contributed by atoms with E-state index in [0.29, 0.717) is 0 Å². The first-order valence-corrected chi connectivity index (χ1v) is 6.26. The quantitative estimate of drug-likeness (QED) is 0.915. The maximum atomic E-state index is 13.3. The van der Waals surface area contributed by atoms with Crippen LogP contribution in [0.3, 0.4) is 0 Å². The summed E-state index contributed by atoms with van der Waals surface area (Å²) in [5.41, 5.74) is 3.56. The second-order valence-electron chi connectivity index (χ2n) is 4.40. The molecule has 2 aromatic rings. The number of pyridine rings is 1. The second-order valence-corrected chi connectivity index (χ2v) is 4.40. The zero-order valence-corrected chi connectivity index (χ0v) is 11.3. The molecular weight excluding hydrogens is 243 g/mol. The van der Waals surface area contributed by atoms with Gasteiger partial charge in [0.1, 0.15) is 5.82 Å². The lowest BCUT2D eigenvalue weighted by molar-refractivity contribution is 0.606. The van der Waals surface area contributed by atoms with E-state index in [1.54, 1.807) is 6.20 Å². The molecule has 1 N–H and O–H groups in total. The number of aryl methyl sites for hydroxylation is 2. The van der Waals surface area contributed by atoms with Gasteiger partial charge in [0.05, 0.1) is 23.6 Å². The molecule has 0 aliphatic carbocycles. The third kappa shape index (κ3) is 2.93. The Labute approximate surface area is 112 Å². The third-order valence-corrected chi connectivity index (χ3v) is 3.02. The first-order valence-electron chi connectivity index (χ1n) is 6.26. The number of hydrogen-bond acceptors (Lipinski definition) is 4. The molecule has 4 nitrogen and oxygen atoms in total. The number of aromatic nitrogens is 3. The summed E-state index contributed by atoms with van der Waals surface area (Å²) in [4.78, 5) is 3.91. The summed E-state index contributed by atoms with van der Waals surface area (Å²) in [6, 6.07) is 3.34. The van der Waals surface area contributed by atoms with E-state index < -0.39 is 0 Å². The van der Waals surface area contributed by atoms with Crippen molar-refractivity contribution in [3.8, 4) is 0 Å². The maximum Gasteiger partial charge on any atom is 0.141 e. The number of hydrogen-bond donors (Lipinski definition) is 1. The van der Waals surface area contributed by atoms with Gasteiger partial charge in [0.2, 0.25) is 0 Å². The molecular formula is C14H17FN4. The molecule has 0 aliphatic rings. The van der Waals surface area contributed by atoms with Gasteiger partial charge >= 0.3 is 0 Å². The summed E-state index contributed by atoms with van der Waals surface area (Å²) in [7, 11) is 1.84. The van der Waals surface area contributed by atoms with Crippen molar-refractivity contribution in [3.63, 3.8) is 0 Å². The van der Waals surface area contributed by atoms with E-state index in [2.05, 4.69) is 20.5 Å².